The van der Waals surface area contributed by atoms with Crippen LogP contribution in [0, 0.1) is 5.82 Å². The Morgan fingerprint density at radius 3 is 2.82 bits per heavy atom. The van der Waals surface area contributed by atoms with E-state index in [2.05, 4.69) is 0 Å². The van der Waals surface area contributed by atoms with Crippen LogP contribution in [0.15, 0.2) is 48.5 Å². The van der Waals surface area contributed by atoms with Crippen molar-refractivity contribution >= 4 is 17.5 Å². The number of amides is 1. The van der Waals surface area contributed by atoms with E-state index < -0.39 is 0 Å². The summed E-state index contributed by atoms with van der Waals surface area (Å²) in [6.07, 6.45) is 2.10. The Bertz CT molecular complexity index is 688. The van der Waals surface area contributed by atoms with Crippen LogP contribution in [0.5, 0.6) is 0 Å². The summed E-state index contributed by atoms with van der Waals surface area (Å²) in [5.74, 6) is -0.220. The SMILES string of the molecule is O=C(Cc1ccccc1Cl)N1CCCC1c1cccc(F)c1. The molecule has 1 aliphatic rings. The van der Waals surface area contributed by atoms with Gasteiger partial charge in [0.1, 0.15) is 5.82 Å². The van der Waals surface area contributed by atoms with Gasteiger partial charge in [-0.05, 0) is 42.2 Å². The van der Waals surface area contributed by atoms with Gasteiger partial charge in [0.25, 0.3) is 0 Å². The average Bonchev–Trinajstić information content (AvgIpc) is 2.99. The van der Waals surface area contributed by atoms with Crippen LogP contribution in [0.2, 0.25) is 5.02 Å². The summed E-state index contributed by atoms with van der Waals surface area (Å²) in [5, 5.41) is 0.609. The molecular formula is C18H17ClFNO. The molecule has 0 radical (unpaired) electrons. The van der Waals surface area contributed by atoms with E-state index in [0.29, 0.717) is 11.6 Å². The zero-order valence-corrected chi connectivity index (χ0v) is 12.9. The molecule has 1 fully saturated rings. The molecular weight excluding hydrogens is 301 g/mol. The summed E-state index contributed by atoms with van der Waals surface area (Å²) in [7, 11) is 0. The lowest BCUT2D eigenvalue weighted by molar-refractivity contribution is -0.131. The lowest BCUT2D eigenvalue weighted by Crippen LogP contribution is -2.31. The topological polar surface area (TPSA) is 20.3 Å². The Labute approximate surface area is 134 Å². The van der Waals surface area contributed by atoms with Gasteiger partial charge < -0.3 is 4.90 Å². The molecule has 0 N–H and O–H groups in total. The summed E-state index contributed by atoms with van der Waals surface area (Å²) in [4.78, 5) is 14.5. The van der Waals surface area contributed by atoms with Crippen molar-refractivity contribution in [3.8, 4) is 0 Å². The van der Waals surface area contributed by atoms with Crippen LogP contribution in [0.3, 0.4) is 0 Å². The second-order valence-corrected chi connectivity index (χ2v) is 5.98. The van der Waals surface area contributed by atoms with E-state index >= 15 is 0 Å². The fourth-order valence-electron chi connectivity index (χ4n) is 3.03. The van der Waals surface area contributed by atoms with Crippen LogP contribution in [0.4, 0.5) is 4.39 Å². The normalized spacial score (nSPS) is 17.7. The van der Waals surface area contributed by atoms with Gasteiger partial charge in [-0.2, -0.15) is 0 Å². The Morgan fingerprint density at radius 2 is 2.05 bits per heavy atom. The molecule has 114 valence electrons. The van der Waals surface area contributed by atoms with Crippen molar-refractivity contribution in [2.24, 2.45) is 0 Å². The third kappa shape index (κ3) is 3.14. The standard InChI is InChI=1S/C18H17ClFNO/c19-16-8-2-1-5-13(16)12-18(22)21-10-4-9-17(21)14-6-3-7-15(20)11-14/h1-3,5-8,11,17H,4,9-10,12H2. The van der Waals surface area contributed by atoms with Gasteiger partial charge in [0.15, 0.2) is 0 Å². The van der Waals surface area contributed by atoms with Crippen LogP contribution < -0.4 is 0 Å². The number of likely N-dealkylation sites (tertiary alicyclic amines) is 1. The van der Waals surface area contributed by atoms with E-state index in [0.717, 1.165) is 24.0 Å². The van der Waals surface area contributed by atoms with Crippen LogP contribution >= 0.6 is 11.6 Å². The molecule has 0 aromatic heterocycles. The van der Waals surface area contributed by atoms with Crippen LogP contribution in [-0.4, -0.2) is 17.4 Å². The lowest BCUT2D eigenvalue weighted by Gasteiger charge is -2.25. The minimum absolute atomic E-state index is 0.0364. The molecule has 2 aromatic carbocycles. The van der Waals surface area contributed by atoms with Crippen molar-refractivity contribution in [3.05, 3.63) is 70.5 Å². The number of benzene rings is 2. The van der Waals surface area contributed by atoms with Crippen LogP contribution in [0.1, 0.15) is 30.0 Å². The van der Waals surface area contributed by atoms with Crippen molar-refractivity contribution < 1.29 is 9.18 Å². The summed E-state index contributed by atoms with van der Waals surface area (Å²) in [6.45, 7) is 0.713. The molecule has 0 aliphatic carbocycles. The van der Waals surface area contributed by atoms with Crippen LogP contribution in [-0.2, 0) is 11.2 Å². The Kier molecular flexibility index (Phi) is 4.44. The quantitative estimate of drug-likeness (QED) is 0.822. The monoisotopic (exact) mass is 317 g/mol. The number of halogens is 2. The lowest BCUT2D eigenvalue weighted by atomic mass is 10.0. The third-order valence-corrected chi connectivity index (χ3v) is 4.47. The maximum absolute atomic E-state index is 13.4. The smallest absolute Gasteiger partial charge is 0.227 e. The van der Waals surface area contributed by atoms with E-state index in [1.54, 1.807) is 12.1 Å². The third-order valence-electron chi connectivity index (χ3n) is 4.11. The van der Waals surface area contributed by atoms with Gasteiger partial charge in [-0.15, -0.1) is 0 Å². The first-order chi connectivity index (χ1) is 10.6. The molecule has 0 bridgehead atoms. The van der Waals surface area contributed by atoms with Gasteiger partial charge in [-0.25, -0.2) is 4.39 Å². The summed E-state index contributed by atoms with van der Waals surface area (Å²) in [5.41, 5.74) is 1.70. The van der Waals surface area contributed by atoms with E-state index in [9.17, 15) is 9.18 Å². The number of carbonyl (C=O) groups excluding carboxylic acids is 1. The maximum atomic E-state index is 13.4. The van der Waals surface area contributed by atoms with Crippen LogP contribution in [0.25, 0.3) is 0 Å². The second-order valence-electron chi connectivity index (χ2n) is 5.57. The molecule has 0 spiro atoms. The van der Waals surface area contributed by atoms with Crippen molar-refractivity contribution in [1.29, 1.82) is 0 Å². The first-order valence-corrected chi connectivity index (χ1v) is 7.81. The second kappa shape index (κ2) is 6.49. The highest BCUT2D eigenvalue weighted by molar-refractivity contribution is 6.31. The van der Waals surface area contributed by atoms with E-state index in [1.165, 1.54) is 12.1 Å². The van der Waals surface area contributed by atoms with E-state index in [4.69, 9.17) is 11.6 Å². The van der Waals surface area contributed by atoms with Gasteiger partial charge in [-0.3, -0.25) is 4.79 Å². The Hall–Kier alpha value is -1.87. The number of hydrogen-bond donors (Lipinski definition) is 0. The molecule has 3 rings (SSSR count). The molecule has 0 saturated carbocycles. The minimum atomic E-state index is -0.261. The highest BCUT2D eigenvalue weighted by Gasteiger charge is 2.30. The minimum Gasteiger partial charge on any atom is -0.335 e. The molecule has 1 heterocycles. The van der Waals surface area contributed by atoms with E-state index in [1.807, 2.05) is 29.2 Å². The van der Waals surface area contributed by atoms with Crippen molar-refractivity contribution in [2.45, 2.75) is 25.3 Å². The first-order valence-electron chi connectivity index (χ1n) is 7.43. The largest absolute Gasteiger partial charge is 0.335 e. The number of carbonyl (C=O) groups is 1. The van der Waals surface area contributed by atoms with Gasteiger partial charge in [0, 0.05) is 11.6 Å². The number of nitrogens with zero attached hydrogens (tertiary/aromatic N) is 1. The summed E-state index contributed by atoms with van der Waals surface area (Å²) < 4.78 is 13.4. The van der Waals surface area contributed by atoms with Gasteiger partial charge in [-0.1, -0.05) is 41.9 Å². The molecule has 1 saturated heterocycles. The summed E-state index contributed by atoms with van der Waals surface area (Å²) in [6, 6.07) is 13.9. The zero-order valence-electron chi connectivity index (χ0n) is 12.1. The predicted molar refractivity (Wildman–Crippen MR) is 85.2 cm³/mol. The molecule has 2 nitrogen and oxygen atoms in total. The van der Waals surface area contributed by atoms with E-state index in [-0.39, 0.29) is 24.2 Å². The van der Waals surface area contributed by atoms with Gasteiger partial charge in [0.05, 0.1) is 12.5 Å². The fraction of sp³-hybridized carbons (Fsp3) is 0.278. The predicted octanol–water partition coefficient (Wildman–Crippen LogP) is 4.39. The van der Waals surface area contributed by atoms with Crippen molar-refractivity contribution in [2.75, 3.05) is 6.54 Å². The average molecular weight is 318 g/mol. The molecule has 4 heteroatoms. The Morgan fingerprint density at radius 1 is 1.23 bits per heavy atom. The molecule has 1 atom stereocenters. The first kappa shape index (κ1) is 15.0. The molecule has 1 aliphatic heterocycles. The maximum Gasteiger partial charge on any atom is 0.227 e. The van der Waals surface area contributed by atoms with Gasteiger partial charge in [0.2, 0.25) is 5.91 Å². The van der Waals surface area contributed by atoms with Crippen molar-refractivity contribution in [1.82, 2.24) is 4.90 Å². The Balaban J connectivity index is 1.78. The van der Waals surface area contributed by atoms with Crippen molar-refractivity contribution in [3.63, 3.8) is 0 Å². The molecule has 1 unspecified atom stereocenters. The number of rotatable bonds is 3. The fourth-order valence-corrected chi connectivity index (χ4v) is 3.23. The highest BCUT2D eigenvalue weighted by atomic mass is 35.5. The molecule has 2 aromatic rings. The molecule has 1 amide bonds. The highest BCUT2D eigenvalue weighted by Crippen LogP contribution is 2.33. The zero-order chi connectivity index (χ0) is 15.5. The summed E-state index contributed by atoms with van der Waals surface area (Å²) >= 11 is 6.13. The van der Waals surface area contributed by atoms with Gasteiger partial charge >= 0.3 is 0 Å². The number of hydrogen-bond acceptors (Lipinski definition) is 1. The molecule has 22 heavy (non-hydrogen) atoms.